The van der Waals surface area contributed by atoms with Crippen LogP contribution in [0.1, 0.15) is 11.1 Å². The highest BCUT2D eigenvalue weighted by Gasteiger charge is 2.11. The largest absolute Gasteiger partial charge is 0.369 e. The lowest BCUT2D eigenvalue weighted by molar-refractivity contribution is 0.582. The van der Waals surface area contributed by atoms with Crippen LogP contribution in [-0.2, 0) is 15.8 Å². The standard InChI is InChI=1S/C18H21N5O2S/c1-15-5-4-6-16(11-15)13-26(24,25)22-8-7-19-17-12-18(21-14-20-17)23-9-2-3-10-23/h2-6,9-12,14,22H,7-8,13H2,1H3,(H,19,20,21). The molecule has 26 heavy (non-hydrogen) atoms. The van der Waals surface area contributed by atoms with Crippen LogP contribution in [0, 0.1) is 6.92 Å². The number of sulfonamides is 1. The molecule has 2 aromatic heterocycles. The zero-order chi connectivity index (χ0) is 18.4. The third-order valence-corrected chi connectivity index (χ3v) is 5.07. The van der Waals surface area contributed by atoms with E-state index in [0.717, 1.165) is 16.9 Å². The van der Waals surface area contributed by atoms with Gasteiger partial charge in [-0.2, -0.15) is 0 Å². The zero-order valence-corrected chi connectivity index (χ0v) is 15.3. The highest BCUT2D eigenvalue weighted by atomic mass is 32.2. The SMILES string of the molecule is Cc1cccc(CS(=O)(=O)NCCNc2cc(-n3cccc3)ncn2)c1. The summed E-state index contributed by atoms with van der Waals surface area (Å²) in [5.41, 5.74) is 1.82. The van der Waals surface area contributed by atoms with E-state index in [1.165, 1.54) is 6.33 Å². The molecule has 0 spiro atoms. The Morgan fingerprint density at radius 1 is 1.04 bits per heavy atom. The highest BCUT2D eigenvalue weighted by Crippen LogP contribution is 2.09. The van der Waals surface area contributed by atoms with Gasteiger partial charge in [0.25, 0.3) is 0 Å². The van der Waals surface area contributed by atoms with Gasteiger partial charge in [-0.3, -0.25) is 0 Å². The molecule has 3 aromatic rings. The summed E-state index contributed by atoms with van der Waals surface area (Å²) in [7, 11) is -3.38. The second kappa shape index (κ2) is 8.11. The van der Waals surface area contributed by atoms with Crippen molar-refractivity contribution < 1.29 is 8.42 Å². The van der Waals surface area contributed by atoms with Crippen molar-refractivity contribution in [1.82, 2.24) is 19.3 Å². The summed E-state index contributed by atoms with van der Waals surface area (Å²) in [6.07, 6.45) is 5.26. The van der Waals surface area contributed by atoms with E-state index in [9.17, 15) is 8.42 Å². The predicted molar refractivity (Wildman–Crippen MR) is 102 cm³/mol. The maximum Gasteiger partial charge on any atom is 0.215 e. The van der Waals surface area contributed by atoms with Gasteiger partial charge in [-0.05, 0) is 24.6 Å². The fourth-order valence-electron chi connectivity index (χ4n) is 2.54. The number of nitrogens with one attached hydrogen (secondary N) is 2. The van der Waals surface area contributed by atoms with E-state index in [-0.39, 0.29) is 12.3 Å². The Bertz CT molecular complexity index is 955. The van der Waals surface area contributed by atoms with E-state index in [1.807, 2.05) is 60.3 Å². The van der Waals surface area contributed by atoms with Crippen molar-refractivity contribution in [2.24, 2.45) is 0 Å². The predicted octanol–water partition coefficient (Wildman–Crippen LogP) is 2.11. The van der Waals surface area contributed by atoms with Gasteiger partial charge >= 0.3 is 0 Å². The lowest BCUT2D eigenvalue weighted by Crippen LogP contribution is -2.30. The molecule has 2 heterocycles. The van der Waals surface area contributed by atoms with Gasteiger partial charge in [-0.25, -0.2) is 23.1 Å². The van der Waals surface area contributed by atoms with Crippen LogP contribution in [0.3, 0.4) is 0 Å². The number of aromatic nitrogens is 3. The highest BCUT2D eigenvalue weighted by molar-refractivity contribution is 7.88. The minimum Gasteiger partial charge on any atom is -0.369 e. The normalized spacial score (nSPS) is 11.4. The lowest BCUT2D eigenvalue weighted by atomic mass is 10.2. The number of aryl methyl sites for hydroxylation is 1. The van der Waals surface area contributed by atoms with Crippen molar-refractivity contribution in [2.75, 3.05) is 18.4 Å². The third kappa shape index (κ3) is 5.14. The molecule has 0 atom stereocenters. The van der Waals surface area contributed by atoms with Crippen molar-refractivity contribution in [3.63, 3.8) is 0 Å². The monoisotopic (exact) mass is 371 g/mol. The first-order chi connectivity index (χ1) is 12.5. The molecule has 0 fully saturated rings. The number of rotatable bonds is 8. The van der Waals surface area contributed by atoms with Crippen LogP contribution < -0.4 is 10.0 Å². The summed E-state index contributed by atoms with van der Waals surface area (Å²) >= 11 is 0. The number of hydrogen-bond donors (Lipinski definition) is 2. The molecule has 1 aromatic carbocycles. The van der Waals surface area contributed by atoms with Gasteiger partial charge in [0.15, 0.2) is 0 Å². The molecule has 0 unspecified atom stereocenters. The van der Waals surface area contributed by atoms with E-state index >= 15 is 0 Å². The fourth-order valence-corrected chi connectivity index (χ4v) is 3.68. The second-order valence-electron chi connectivity index (χ2n) is 5.92. The zero-order valence-electron chi connectivity index (χ0n) is 14.5. The first kappa shape index (κ1) is 18.1. The molecule has 0 bridgehead atoms. The first-order valence-electron chi connectivity index (χ1n) is 8.24. The van der Waals surface area contributed by atoms with E-state index < -0.39 is 10.0 Å². The van der Waals surface area contributed by atoms with Crippen molar-refractivity contribution in [1.29, 1.82) is 0 Å². The molecule has 8 heteroatoms. The van der Waals surface area contributed by atoms with Crippen molar-refractivity contribution in [3.8, 4) is 5.82 Å². The molecule has 0 saturated carbocycles. The summed E-state index contributed by atoms with van der Waals surface area (Å²) < 4.78 is 28.8. The van der Waals surface area contributed by atoms with Gasteiger partial charge in [-0.1, -0.05) is 29.8 Å². The van der Waals surface area contributed by atoms with Gasteiger partial charge in [0, 0.05) is 31.5 Å². The van der Waals surface area contributed by atoms with Crippen LogP contribution in [0.5, 0.6) is 0 Å². The Morgan fingerprint density at radius 3 is 2.62 bits per heavy atom. The lowest BCUT2D eigenvalue weighted by Gasteiger charge is -2.09. The van der Waals surface area contributed by atoms with Crippen molar-refractivity contribution in [3.05, 3.63) is 72.3 Å². The molecule has 0 aliphatic rings. The summed E-state index contributed by atoms with van der Waals surface area (Å²) in [6, 6.07) is 13.1. The van der Waals surface area contributed by atoms with E-state index in [1.54, 1.807) is 6.07 Å². The first-order valence-corrected chi connectivity index (χ1v) is 9.89. The van der Waals surface area contributed by atoms with Crippen LogP contribution in [0.25, 0.3) is 5.82 Å². The summed E-state index contributed by atoms with van der Waals surface area (Å²) in [5.74, 6) is 1.36. The molecule has 0 saturated heterocycles. The summed E-state index contributed by atoms with van der Waals surface area (Å²) in [6.45, 7) is 2.64. The molecule has 136 valence electrons. The topological polar surface area (TPSA) is 88.9 Å². The number of nitrogens with zero attached hydrogens (tertiary/aromatic N) is 3. The molecule has 0 radical (unpaired) electrons. The van der Waals surface area contributed by atoms with Gasteiger partial charge in [0.2, 0.25) is 10.0 Å². The van der Waals surface area contributed by atoms with E-state index in [2.05, 4.69) is 20.0 Å². The van der Waals surface area contributed by atoms with Crippen LogP contribution >= 0.6 is 0 Å². The maximum absolute atomic E-state index is 12.2. The minimum atomic E-state index is -3.38. The van der Waals surface area contributed by atoms with Crippen LogP contribution in [-0.4, -0.2) is 36.0 Å². The van der Waals surface area contributed by atoms with Crippen LogP contribution in [0.4, 0.5) is 5.82 Å². The average Bonchev–Trinajstić information content (AvgIpc) is 3.13. The average molecular weight is 371 g/mol. The molecular weight excluding hydrogens is 350 g/mol. The van der Waals surface area contributed by atoms with Gasteiger partial charge in [0.05, 0.1) is 5.75 Å². The Balaban J connectivity index is 1.50. The van der Waals surface area contributed by atoms with Gasteiger partial charge in [-0.15, -0.1) is 0 Å². The number of hydrogen-bond acceptors (Lipinski definition) is 5. The van der Waals surface area contributed by atoms with Gasteiger partial charge < -0.3 is 9.88 Å². The molecule has 0 aliphatic carbocycles. The second-order valence-corrected chi connectivity index (χ2v) is 7.73. The maximum atomic E-state index is 12.2. The Labute approximate surface area is 153 Å². The summed E-state index contributed by atoms with van der Waals surface area (Å²) in [4.78, 5) is 8.35. The molecule has 7 nitrogen and oxygen atoms in total. The van der Waals surface area contributed by atoms with Gasteiger partial charge in [0.1, 0.15) is 18.0 Å². The van der Waals surface area contributed by atoms with Crippen molar-refractivity contribution in [2.45, 2.75) is 12.7 Å². The summed E-state index contributed by atoms with van der Waals surface area (Å²) in [5, 5.41) is 3.10. The minimum absolute atomic E-state index is 0.0278. The number of benzene rings is 1. The number of anilines is 1. The smallest absolute Gasteiger partial charge is 0.215 e. The van der Waals surface area contributed by atoms with Crippen molar-refractivity contribution >= 4 is 15.8 Å². The quantitative estimate of drug-likeness (QED) is 0.592. The van der Waals surface area contributed by atoms with E-state index in [4.69, 9.17) is 0 Å². The molecule has 0 amide bonds. The molecule has 2 N–H and O–H groups in total. The van der Waals surface area contributed by atoms with Crippen LogP contribution in [0.2, 0.25) is 0 Å². The molecule has 3 rings (SSSR count). The van der Waals surface area contributed by atoms with Crippen LogP contribution in [0.15, 0.2) is 61.2 Å². The Kier molecular flexibility index (Phi) is 5.65. The molecule has 0 aliphatic heterocycles. The Morgan fingerprint density at radius 2 is 1.85 bits per heavy atom. The van der Waals surface area contributed by atoms with E-state index in [0.29, 0.717) is 12.4 Å². The molecular formula is C18H21N5O2S. The fraction of sp³-hybridized carbons (Fsp3) is 0.222. The Hall–Kier alpha value is -2.71. The third-order valence-electron chi connectivity index (χ3n) is 3.71.